The maximum atomic E-state index is 12.4. The van der Waals surface area contributed by atoms with Crippen molar-refractivity contribution in [1.29, 1.82) is 0 Å². The fourth-order valence-corrected chi connectivity index (χ4v) is 3.69. The number of anilines is 1. The lowest BCUT2D eigenvalue weighted by atomic mass is 9.87. The molecule has 0 fully saturated rings. The lowest BCUT2D eigenvalue weighted by Gasteiger charge is -2.19. The van der Waals surface area contributed by atoms with Crippen molar-refractivity contribution in [3.63, 3.8) is 0 Å². The molecule has 0 saturated heterocycles. The van der Waals surface area contributed by atoms with Crippen LogP contribution in [0, 0.1) is 13.8 Å². The third-order valence-electron chi connectivity index (χ3n) is 4.57. The number of aryl methyl sites for hydroxylation is 2. The summed E-state index contributed by atoms with van der Waals surface area (Å²) in [6.07, 6.45) is 0. The summed E-state index contributed by atoms with van der Waals surface area (Å²) in [6.45, 7) is 12.2. The van der Waals surface area contributed by atoms with E-state index >= 15 is 0 Å². The van der Waals surface area contributed by atoms with Gasteiger partial charge < -0.3 is 10.6 Å². The molecule has 2 aromatic rings. The van der Waals surface area contributed by atoms with E-state index < -0.39 is 0 Å². The average molecular weight is 399 g/mol. The van der Waals surface area contributed by atoms with Crippen molar-refractivity contribution in [2.24, 2.45) is 0 Å². The van der Waals surface area contributed by atoms with Gasteiger partial charge in [-0.15, -0.1) is 11.8 Å². The van der Waals surface area contributed by atoms with E-state index in [2.05, 4.69) is 43.5 Å². The Morgan fingerprint density at radius 1 is 1.00 bits per heavy atom. The van der Waals surface area contributed by atoms with Crippen LogP contribution < -0.4 is 10.6 Å². The van der Waals surface area contributed by atoms with Crippen LogP contribution in [-0.2, 0) is 15.0 Å². The Balaban J connectivity index is 1.86. The Kier molecular flexibility index (Phi) is 7.30. The molecule has 0 aliphatic rings. The maximum absolute atomic E-state index is 12.4. The van der Waals surface area contributed by atoms with Crippen LogP contribution in [0.3, 0.4) is 0 Å². The topological polar surface area (TPSA) is 58.2 Å². The first-order valence-corrected chi connectivity index (χ1v) is 10.4. The van der Waals surface area contributed by atoms with E-state index in [1.165, 1.54) is 17.3 Å². The normalized spacial score (nSPS) is 12.4. The largest absolute Gasteiger partial charge is 0.346 e. The van der Waals surface area contributed by atoms with Crippen LogP contribution in [0.15, 0.2) is 47.4 Å². The molecule has 28 heavy (non-hydrogen) atoms. The van der Waals surface area contributed by atoms with Gasteiger partial charge >= 0.3 is 0 Å². The molecule has 0 bridgehead atoms. The van der Waals surface area contributed by atoms with E-state index in [0.717, 1.165) is 21.7 Å². The van der Waals surface area contributed by atoms with Gasteiger partial charge in [-0.2, -0.15) is 0 Å². The molecule has 0 radical (unpaired) electrons. The molecule has 0 heterocycles. The SMILES string of the molecule is Cc1cccc(C)c1NC(=O)CNC(=O)[C@H](C)Sc1ccc(C(C)(C)C)cc1. The minimum absolute atomic E-state index is 0.0412. The Labute approximate surface area is 172 Å². The summed E-state index contributed by atoms with van der Waals surface area (Å²) in [6, 6.07) is 14.1. The standard InChI is InChI=1S/C23H30N2O2S/c1-15-8-7-9-16(2)21(15)25-20(26)14-24-22(27)17(3)28-19-12-10-18(11-13-19)23(4,5)6/h7-13,17H,14H2,1-6H3,(H,24,27)(H,25,26)/t17-/m0/s1. The lowest BCUT2D eigenvalue weighted by molar-refractivity contribution is -0.123. The summed E-state index contributed by atoms with van der Waals surface area (Å²) in [5.74, 6) is -0.376. The zero-order valence-corrected chi connectivity index (χ0v) is 18.4. The number of amides is 2. The van der Waals surface area contributed by atoms with Crippen LogP contribution in [0.25, 0.3) is 0 Å². The van der Waals surface area contributed by atoms with Gasteiger partial charge in [0.2, 0.25) is 11.8 Å². The highest BCUT2D eigenvalue weighted by molar-refractivity contribution is 8.00. The molecule has 2 amide bonds. The number of para-hydroxylation sites is 1. The number of thioether (sulfide) groups is 1. The zero-order chi connectivity index (χ0) is 20.9. The number of rotatable bonds is 6. The summed E-state index contributed by atoms with van der Waals surface area (Å²) >= 11 is 1.49. The Hall–Kier alpha value is -2.27. The highest BCUT2D eigenvalue weighted by atomic mass is 32.2. The van der Waals surface area contributed by atoms with E-state index in [1.807, 2.05) is 51.1 Å². The maximum Gasteiger partial charge on any atom is 0.243 e. The second-order valence-electron chi connectivity index (χ2n) is 8.07. The highest BCUT2D eigenvalue weighted by Crippen LogP contribution is 2.28. The van der Waals surface area contributed by atoms with Gasteiger partial charge in [0.15, 0.2) is 0 Å². The van der Waals surface area contributed by atoms with Gasteiger partial charge in [0.05, 0.1) is 11.8 Å². The predicted molar refractivity (Wildman–Crippen MR) is 118 cm³/mol. The lowest BCUT2D eigenvalue weighted by Crippen LogP contribution is -2.37. The molecule has 0 saturated carbocycles. The molecule has 2 N–H and O–H groups in total. The van der Waals surface area contributed by atoms with Crippen molar-refractivity contribution < 1.29 is 9.59 Å². The average Bonchev–Trinajstić information content (AvgIpc) is 2.62. The van der Waals surface area contributed by atoms with E-state index in [1.54, 1.807) is 0 Å². The molecule has 0 spiro atoms. The molecule has 0 aliphatic carbocycles. The van der Waals surface area contributed by atoms with Crippen LogP contribution in [-0.4, -0.2) is 23.6 Å². The van der Waals surface area contributed by atoms with Crippen molar-refractivity contribution in [2.75, 3.05) is 11.9 Å². The predicted octanol–water partition coefficient (Wildman–Crippen LogP) is 4.84. The zero-order valence-electron chi connectivity index (χ0n) is 17.6. The quantitative estimate of drug-likeness (QED) is 0.685. The first kappa shape index (κ1) is 22.0. The fourth-order valence-electron chi connectivity index (χ4n) is 2.80. The summed E-state index contributed by atoms with van der Waals surface area (Å²) in [7, 11) is 0. The second-order valence-corrected chi connectivity index (χ2v) is 9.48. The van der Waals surface area contributed by atoms with Crippen LogP contribution in [0.5, 0.6) is 0 Å². The number of benzene rings is 2. The molecule has 150 valence electrons. The summed E-state index contributed by atoms with van der Waals surface area (Å²) in [4.78, 5) is 25.6. The van der Waals surface area contributed by atoms with Gasteiger partial charge in [-0.1, -0.05) is 51.1 Å². The van der Waals surface area contributed by atoms with Crippen LogP contribution in [0.2, 0.25) is 0 Å². The summed E-state index contributed by atoms with van der Waals surface area (Å²) in [5.41, 5.74) is 4.18. The smallest absolute Gasteiger partial charge is 0.243 e. The van der Waals surface area contributed by atoms with E-state index in [9.17, 15) is 9.59 Å². The van der Waals surface area contributed by atoms with Gasteiger partial charge in [0.1, 0.15) is 0 Å². The van der Waals surface area contributed by atoms with Gasteiger partial charge in [-0.05, 0) is 55.0 Å². The summed E-state index contributed by atoms with van der Waals surface area (Å²) < 4.78 is 0. The van der Waals surface area contributed by atoms with E-state index in [0.29, 0.717) is 0 Å². The fraction of sp³-hybridized carbons (Fsp3) is 0.391. The Bertz CT molecular complexity index is 818. The number of nitrogens with one attached hydrogen (secondary N) is 2. The molecule has 0 aromatic heterocycles. The molecule has 2 aromatic carbocycles. The minimum Gasteiger partial charge on any atom is -0.346 e. The molecule has 0 unspecified atom stereocenters. The Morgan fingerprint density at radius 2 is 1.57 bits per heavy atom. The second kappa shape index (κ2) is 9.28. The number of hydrogen-bond donors (Lipinski definition) is 2. The Morgan fingerprint density at radius 3 is 2.11 bits per heavy atom. The highest BCUT2D eigenvalue weighted by Gasteiger charge is 2.17. The van der Waals surface area contributed by atoms with Crippen LogP contribution in [0.4, 0.5) is 5.69 Å². The van der Waals surface area contributed by atoms with E-state index in [4.69, 9.17) is 0 Å². The van der Waals surface area contributed by atoms with Gasteiger partial charge in [0, 0.05) is 10.6 Å². The van der Waals surface area contributed by atoms with Crippen LogP contribution >= 0.6 is 11.8 Å². The molecule has 4 nitrogen and oxygen atoms in total. The van der Waals surface area contributed by atoms with Crippen molar-refractivity contribution in [2.45, 2.75) is 57.1 Å². The van der Waals surface area contributed by atoms with E-state index in [-0.39, 0.29) is 29.0 Å². The number of hydrogen-bond acceptors (Lipinski definition) is 3. The van der Waals surface area contributed by atoms with Crippen molar-refractivity contribution in [1.82, 2.24) is 5.32 Å². The summed E-state index contributed by atoms with van der Waals surface area (Å²) in [5, 5.41) is 5.32. The molecular formula is C23H30N2O2S. The third-order valence-corrected chi connectivity index (χ3v) is 5.68. The van der Waals surface area contributed by atoms with Gasteiger partial charge in [-0.25, -0.2) is 0 Å². The van der Waals surface area contributed by atoms with Gasteiger partial charge in [0.25, 0.3) is 0 Å². The third kappa shape index (κ3) is 6.13. The first-order chi connectivity index (χ1) is 13.1. The molecule has 0 aliphatic heterocycles. The monoisotopic (exact) mass is 398 g/mol. The molecular weight excluding hydrogens is 368 g/mol. The van der Waals surface area contributed by atoms with Crippen molar-refractivity contribution >= 4 is 29.3 Å². The van der Waals surface area contributed by atoms with Crippen LogP contribution in [0.1, 0.15) is 44.4 Å². The van der Waals surface area contributed by atoms with Crippen molar-refractivity contribution in [3.8, 4) is 0 Å². The molecule has 1 atom stereocenters. The minimum atomic E-state index is -0.284. The molecule has 5 heteroatoms. The number of carbonyl (C=O) groups is 2. The van der Waals surface area contributed by atoms with Gasteiger partial charge in [-0.3, -0.25) is 9.59 Å². The first-order valence-electron chi connectivity index (χ1n) is 9.49. The molecule has 2 rings (SSSR count). The number of carbonyl (C=O) groups excluding carboxylic acids is 2. The van der Waals surface area contributed by atoms with Crippen molar-refractivity contribution in [3.05, 3.63) is 59.2 Å².